The predicted octanol–water partition coefficient (Wildman–Crippen LogP) is 3.47. The highest BCUT2D eigenvalue weighted by Gasteiger charge is 2.05. The number of halogens is 1. The number of hydrogen-bond donors (Lipinski definition) is 0. The molecule has 0 bridgehead atoms. The fraction of sp³-hybridized carbons (Fsp3) is 0.0769. The summed E-state index contributed by atoms with van der Waals surface area (Å²) in [4.78, 5) is 8.90. The standard InChI is InChI=1S/C13H10BrN3/c1-9-5-6-17-8-12(16-13(17)15-9)10-3-2-4-11(14)7-10/h2-8H,1H3. The molecule has 2 aromatic heterocycles. The Morgan fingerprint density at radius 1 is 1.18 bits per heavy atom. The molecule has 0 radical (unpaired) electrons. The third-order valence-electron chi connectivity index (χ3n) is 2.59. The maximum Gasteiger partial charge on any atom is 0.234 e. The molecular formula is C13H10BrN3. The molecule has 0 aliphatic carbocycles. The lowest BCUT2D eigenvalue weighted by atomic mass is 10.2. The Hall–Kier alpha value is -1.68. The molecule has 84 valence electrons. The van der Waals surface area contributed by atoms with Crippen LogP contribution in [0.1, 0.15) is 5.69 Å². The number of rotatable bonds is 1. The van der Waals surface area contributed by atoms with Crippen molar-refractivity contribution in [3.05, 3.63) is 52.9 Å². The van der Waals surface area contributed by atoms with E-state index >= 15 is 0 Å². The molecule has 3 nitrogen and oxygen atoms in total. The summed E-state index contributed by atoms with van der Waals surface area (Å²) in [5.41, 5.74) is 3.00. The van der Waals surface area contributed by atoms with Crippen molar-refractivity contribution in [3.63, 3.8) is 0 Å². The predicted molar refractivity (Wildman–Crippen MR) is 70.9 cm³/mol. The SMILES string of the molecule is Cc1ccn2cc(-c3cccc(Br)c3)nc2n1. The Morgan fingerprint density at radius 2 is 2.06 bits per heavy atom. The summed E-state index contributed by atoms with van der Waals surface area (Å²) in [7, 11) is 0. The van der Waals surface area contributed by atoms with Crippen LogP contribution in [0.5, 0.6) is 0 Å². The van der Waals surface area contributed by atoms with E-state index in [9.17, 15) is 0 Å². The molecule has 0 aliphatic rings. The minimum atomic E-state index is 0.736. The molecule has 3 aromatic rings. The second-order valence-corrected chi connectivity index (χ2v) is 4.83. The van der Waals surface area contributed by atoms with Crippen LogP contribution >= 0.6 is 15.9 Å². The van der Waals surface area contributed by atoms with E-state index in [4.69, 9.17) is 0 Å². The lowest BCUT2D eigenvalue weighted by Crippen LogP contribution is -1.88. The summed E-state index contributed by atoms with van der Waals surface area (Å²) in [5, 5.41) is 0. The molecule has 0 N–H and O–H groups in total. The Kier molecular flexibility index (Phi) is 2.44. The second kappa shape index (κ2) is 3.96. The molecule has 0 spiro atoms. The quantitative estimate of drug-likeness (QED) is 0.686. The number of imidazole rings is 1. The van der Waals surface area contributed by atoms with Crippen LogP contribution in [0, 0.1) is 6.92 Å². The van der Waals surface area contributed by atoms with Gasteiger partial charge in [0, 0.05) is 28.1 Å². The minimum absolute atomic E-state index is 0.736. The summed E-state index contributed by atoms with van der Waals surface area (Å²) in [6, 6.07) is 10.1. The molecule has 0 saturated carbocycles. The van der Waals surface area contributed by atoms with Gasteiger partial charge in [0.1, 0.15) is 0 Å². The average Bonchev–Trinajstić information content (AvgIpc) is 2.72. The van der Waals surface area contributed by atoms with Gasteiger partial charge in [0.15, 0.2) is 0 Å². The van der Waals surface area contributed by atoms with Crippen LogP contribution in [-0.2, 0) is 0 Å². The van der Waals surface area contributed by atoms with Crippen molar-refractivity contribution in [1.29, 1.82) is 0 Å². The van der Waals surface area contributed by atoms with Gasteiger partial charge in [0.25, 0.3) is 0 Å². The molecule has 0 atom stereocenters. The lowest BCUT2D eigenvalue weighted by molar-refractivity contribution is 1.07. The first-order valence-corrected chi connectivity index (χ1v) is 6.10. The number of aromatic nitrogens is 3. The van der Waals surface area contributed by atoms with Crippen LogP contribution in [-0.4, -0.2) is 14.4 Å². The molecule has 4 heteroatoms. The topological polar surface area (TPSA) is 30.2 Å². The molecule has 1 aromatic carbocycles. The highest BCUT2D eigenvalue weighted by atomic mass is 79.9. The van der Waals surface area contributed by atoms with Gasteiger partial charge in [0.05, 0.1) is 5.69 Å². The Morgan fingerprint density at radius 3 is 2.88 bits per heavy atom. The third kappa shape index (κ3) is 1.96. The van der Waals surface area contributed by atoms with E-state index in [1.54, 1.807) is 0 Å². The van der Waals surface area contributed by atoms with Gasteiger partial charge >= 0.3 is 0 Å². The minimum Gasteiger partial charge on any atom is -0.291 e. The van der Waals surface area contributed by atoms with Gasteiger partial charge in [-0.1, -0.05) is 28.1 Å². The molecule has 0 aliphatic heterocycles. The van der Waals surface area contributed by atoms with Crippen LogP contribution in [0.15, 0.2) is 47.2 Å². The maximum atomic E-state index is 4.52. The first-order chi connectivity index (χ1) is 8.22. The number of hydrogen-bond acceptors (Lipinski definition) is 2. The van der Waals surface area contributed by atoms with Gasteiger partial charge < -0.3 is 0 Å². The van der Waals surface area contributed by atoms with E-state index in [1.807, 2.05) is 48.0 Å². The zero-order chi connectivity index (χ0) is 11.8. The van der Waals surface area contributed by atoms with E-state index in [1.165, 1.54) is 0 Å². The van der Waals surface area contributed by atoms with Crippen LogP contribution < -0.4 is 0 Å². The van der Waals surface area contributed by atoms with E-state index in [0.29, 0.717) is 0 Å². The zero-order valence-electron chi connectivity index (χ0n) is 9.26. The largest absolute Gasteiger partial charge is 0.291 e. The molecule has 2 heterocycles. The van der Waals surface area contributed by atoms with Crippen molar-refractivity contribution in [1.82, 2.24) is 14.4 Å². The number of fused-ring (bicyclic) bond motifs is 1. The Labute approximate surface area is 107 Å². The normalized spacial score (nSPS) is 10.9. The van der Waals surface area contributed by atoms with Gasteiger partial charge in [-0.15, -0.1) is 0 Å². The van der Waals surface area contributed by atoms with Crippen LogP contribution in [0.3, 0.4) is 0 Å². The van der Waals surface area contributed by atoms with E-state index < -0.39 is 0 Å². The van der Waals surface area contributed by atoms with E-state index in [-0.39, 0.29) is 0 Å². The molecule has 3 rings (SSSR count). The van der Waals surface area contributed by atoms with Gasteiger partial charge in [-0.05, 0) is 25.1 Å². The molecular weight excluding hydrogens is 278 g/mol. The van der Waals surface area contributed by atoms with Crippen molar-refractivity contribution in [2.24, 2.45) is 0 Å². The van der Waals surface area contributed by atoms with Gasteiger partial charge in [-0.25, -0.2) is 9.97 Å². The van der Waals surface area contributed by atoms with E-state index in [0.717, 1.165) is 27.2 Å². The summed E-state index contributed by atoms with van der Waals surface area (Å²) in [5.74, 6) is 0.736. The Bertz CT molecular complexity index is 688. The van der Waals surface area contributed by atoms with Gasteiger partial charge in [0.2, 0.25) is 5.78 Å². The van der Waals surface area contributed by atoms with Gasteiger partial charge in [-0.3, -0.25) is 4.40 Å². The third-order valence-corrected chi connectivity index (χ3v) is 3.08. The van der Waals surface area contributed by atoms with Crippen molar-refractivity contribution in [2.45, 2.75) is 6.92 Å². The van der Waals surface area contributed by atoms with E-state index in [2.05, 4.69) is 32.0 Å². The van der Waals surface area contributed by atoms with Crippen molar-refractivity contribution in [3.8, 4) is 11.3 Å². The van der Waals surface area contributed by atoms with Crippen molar-refractivity contribution < 1.29 is 0 Å². The van der Waals surface area contributed by atoms with Crippen molar-refractivity contribution >= 4 is 21.7 Å². The number of aryl methyl sites for hydroxylation is 1. The molecule has 0 saturated heterocycles. The summed E-state index contributed by atoms with van der Waals surface area (Å²) < 4.78 is 2.99. The smallest absolute Gasteiger partial charge is 0.234 e. The highest BCUT2D eigenvalue weighted by molar-refractivity contribution is 9.10. The monoisotopic (exact) mass is 287 g/mol. The molecule has 0 fully saturated rings. The molecule has 0 amide bonds. The highest BCUT2D eigenvalue weighted by Crippen LogP contribution is 2.22. The first-order valence-electron chi connectivity index (χ1n) is 5.31. The number of nitrogens with zero attached hydrogens (tertiary/aromatic N) is 3. The Balaban J connectivity index is 2.18. The van der Waals surface area contributed by atoms with Crippen LogP contribution in [0.2, 0.25) is 0 Å². The van der Waals surface area contributed by atoms with Gasteiger partial charge in [-0.2, -0.15) is 0 Å². The lowest BCUT2D eigenvalue weighted by Gasteiger charge is -1.95. The summed E-state index contributed by atoms with van der Waals surface area (Å²) in [6.07, 6.45) is 3.97. The van der Waals surface area contributed by atoms with Crippen molar-refractivity contribution in [2.75, 3.05) is 0 Å². The fourth-order valence-electron chi connectivity index (χ4n) is 1.75. The molecule has 0 unspecified atom stereocenters. The summed E-state index contributed by atoms with van der Waals surface area (Å²) in [6.45, 7) is 1.97. The molecule has 17 heavy (non-hydrogen) atoms. The maximum absolute atomic E-state index is 4.52. The average molecular weight is 288 g/mol. The van der Waals surface area contributed by atoms with Crippen LogP contribution in [0.4, 0.5) is 0 Å². The fourth-order valence-corrected chi connectivity index (χ4v) is 2.15. The van der Waals surface area contributed by atoms with Crippen LogP contribution in [0.25, 0.3) is 17.0 Å². The summed E-state index contributed by atoms with van der Waals surface area (Å²) >= 11 is 3.46. The number of benzene rings is 1. The second-order valence-electron chi connectivity index (χ2n) is 3.91. The zero-order valence-corrected chi connectivity index (χ0v) is 10.8. The first kappa shape index (κ1) is 10.5.